The van der Waals surface area contributed by atoms with Crippen molar-refractivity contribution in [2.45, 2.75) is 43.1 Å². The van der Waals surface area contributed by atoms with E-state index in [-0.39, 0.29) is 52.1 Å². The van der Waals surface area contributed by atoms with Gasteiger partial charge < -0.3 is 10.6 Å². The van der Waals surface area contributed by atoms with E-state index in [1.807, 2.05) is 0 Å². The highest BCUT2D eigenvalue weighted by atomic mass is 19.4. The Kier molecular flexibility index (Phi) is 4.62. The predicted octanol–water partition coefficient (Wildman–Crippen LogP) is 3.54. The zero-order chi connectivity index (χ0) is 27.3. The number of pyridine rings is 1. The minimum Gasteiger partial charge on any atom is -0.367 e. The molecule has 2 N–H and O–H groups in total. The molecular weight excluding hydrogens is 532 g/mol. The minimum absolute atomic E-state index is 0.0116. The lowest BCUT2D eigenvalue weighted by molar-refractivity contribution is -0.138. The summed E-state index contributed by atoms with van der Waals surface area (Å²) < 4.78 is 79.4. The van der Waals surface area contributed by atoms with Crippen molar-refractivity contribution in [3.8, 4) is 11.5 Å². The Balaban J connectivity index is 1.35. The molecule has 6 heterocycles. The Labute approximate surface area is 213 Å². The third kappa shape index (κ3) is 3.53. The van der Waals surface area contributed by atoms with Gasteiger partial charge in [-0.25, -0.2) is 24.5 Å². The van der Waals surface area contributed by atoms with Gasteiger partial charge in [0.25, 0.3) is 0 Å². The first-order valence-corrected chi connectivity index (χ1v) is 11.8. The maximum atomic E-state index is 13.5. The van der Waals surface area contributed by atoms with E-state index in [2.05, 4.69) is 40.7 Å². The SMILES string of the molecule is O=C1Nc2nc(-c3cn4ncnc4c(CCC(F)(F)F)n3)nc3c2C1(c1ccc(C(F)(F)F)cn1)C1CC1N3. The van der Waals surface area contributed by atoms with Crippen molar-refractivity contribution < 1.29 is 31.1 Å². The smallest absolute Gasteiger partial charge is 0.367 e. The zero-order valence-electron chi connectivity index (χ0n) is 19.5. The van der Waals surface area contributed by atoms with E-state index in [1.54, 1.807) is 0 Å². The molecule has 0 aromatic carbocycles. The van der Waals surface area contributed by atoms with Gasteiger partial charge in [-0.15, -0.1) is 0 Å². The molecule has 0 bridgehead atoms. The van der Waals surface area contributed by atoms with Gasteiger partial charge in [-0.05, 0) is 18.6 Å². The highest BCUT2D eigenvalue weighted by Gasteiger charge is 2.67. The first-order chi connectivity index (χ1) is 18.4. The second-order valence-corrected chi connectivity index (χ2v) is 9.62. The molecule has 3 unspecified atom stereocenters. The lowest BCUT2D eigenvalue weighted by Gasteiger charge is -2.32. The van der Waals surface area contributed by atoms with Crippen molar-refractivity contribution in [3.63, 3.8) is 0 Å². The Morgan fingerprint density at radius 1 is 1.05 bits per heavy atom. The summed E-state index contributed by atoms with van der Waals surface area (Å²) in [5.41, 5.74) is -1.51. The Morgan fingerprint density at radius 3 is 2.56 bits per heavy atom. The number of nitrogens with zero attached hydrogens (tertiary/aromatic N) is 7. The molecule has 39 heavy (non-hydrogen) atoms. The maximum absolute atomic E-state index is 13.5. The molecule has 10 nitrogen and oxygen atoms in total. The molecule has 2 aliphatic heterocycles. The second-order valence-electron chi connectivity index (χ2n) is 9.62. The van der Waals surface area contributed by atoms with Gasteiger partial charge in [-0.3, -0.25) is 9.78 Å². The van der Waals surface area contributed by atoms with Gasteiger partial charge in [0.1, 0.15) is 29.1 Å². The van der Waals surface area contributed by atoms with Crippen LogP contribution in [0.15, 0.2) is 30.9 Å². The molecule has 0 saturated heterocycles. The fourth-order valence-corrected chi connectivity index (χ4v) is 5.48. The average Bonchev–Trinajstić information content (AvgIpc) is 3.37. The molecule has 1 saturated carbocycles. The van der Waals surface area contributed by atoms with E-state index in [1.165, 1.54) is 23.1 Å². The molecule has 1 fully saturated rings. The van der Waals surface area contributed by atoms with Crippen LogP contribution in [-0.2, 0) is 22.8 Å². The zero-order valence-corrected chi connectivity index (χ0v) is 19.5. The molecule has 7 rings (SSSR count). The van der Waals surface area contributed by atoms with E-state index < -0.39 is 42.1 Å². The van der Waals surface area contributed by atoms with Gasteiger partial charge in [-0.2, -0.15) is 31.4 Å². The first kappa shape index (κ1) is 23.7. The van der Waals surface area contributed by atoms with E-state index in [4.69, 9.17) is 0 Å². The number of anilines is 2. The number of halogens is 6. The van der Waals surface area contributed by atoms with Crippen molar-refractivity contribution in [1.82, 2.24) is 34.5 Å². The normalized spacial score (nSPS) is 23.3. The monoisotopic (exact) mass is 547 g/mol. The van der Waals surface area contributed by atoms with Crippen LogP contribution >= 0.6 is 0 Å². The van der Waals surface area contributed by atoms with Crippen molar-refractivity contribution in [2.24, 2.45) is 5.92 Å². The van der Waals surface area contributed by atoms with Crippen LogP contribution in [-0.4, -0.2) is 52.7 Å². The molecule has 4 aromatic heterocycles. The quantitative estimate of drug-likeness (QED) is 0.372. The summed E-state index contributed by atoms with van der Waals surface area (Å²) in [6.07, 6.45) is -6.72. The molecule has 3 aliphatic rings. The van der Waals surface area contributed by atoms with Gasteiger partial charge >= 0.3 is 12.4 Å². The number of rotatable bonds is 4. The van der Waals surface area contributed by atoms with Crippen LogP contribution in [0.5, 0.6) is 0 Å². The van der Waals surface area contributed by atoms with Gasteiger partial charge in [0.15, 0.2) is 11.5 Å². The van der Waals surface area contributed by atoms with Gasteiger partial charge in [0.2, 0.25) is 5.91 Å². The van der Waals surface area contributed by atoms with Gasteiger partial charge in [0, 0.05) is 31.0 Å². The fraction of sp³-hybridized carbons (Fsp3) is 0.348. The number of carbonyl (C=O) groups excluding carboxylic acids is 1. The van der Waals surface area contributed by atoms with Crippen molar-refractivity contribution in [1.29, 1.82) is 0 Å². The number of amides is 1. The lowest BCUT2D eigenvalue weighted by Crippen LogP contribution is -2.43. The van der Waals surface area contributed by atoms with Crippen LogP contribution < -0.4 is 10.6 Å². The summed E-state index contributed by atoms with van der Waals surface area (Å²) in [6, 6.07) is 1.90. The molecule has 0 radical (unpaired) electrons. The maximum Gasteiger partial charge on any atom is 0.417 e. The van der Waals surface area contributed by atoms with Crippen LogP contribution in [0, 0.1) is 5.92 Å². The molecule has 1 aliphatic carbocycles. The summed E-state index contributed by atoms with van der Waals surface area (Å²) in [5.74, 6) is -0.360. The number of nitrogens with one attached hydrogen (secondary N) is 2. The molecule has 200 valence electrons. The lowest BCUT2D eigenvalue weighted by atomic mass is 9.72. The highest BCUT2D eigenvalue weighted by Crippen LogP contribution is 2.61. The van der Waals surface area contributed by atoms with Crippen LogP contribution in [0.25, 0.3) is 17.2 Å². The molecular formula is C23H15F6N9O. The number of aromatic nitrogens is 7. The molecule has 16 heteroatoms. The van der Waals surface area contributed by atoms with Gasteiger partial charge in [-0.1, -0.05) is 0 Å². The van der Waals surface area contributed by atoms with E-state index in [0.717, 1.165) is 6.07 Å². The van der Waals surface area contributed by atoms with Crippen molar-refractivity contribution >= 4 is 23.2 Å². The Bertz CT molecular complexity index is 1670. The number of carbonyl (C=O) groups is 1. The predicted molar refractivity (Wildman–Crippen MR) is 120 cm³/mol. The summed E-state index contributed by atoms with van der Waals surface area (Å²) >= 11 is 0. The summed E-state index contributed by atoms with van der Waals surface area (Å²) in [5, 5.41) is 9.96. The van der Waals surface area contributed by atoms with Crippen LogP contribution in [0.3, 0.4) is 0 Å². The number of hydrogen-bond acceptors (Lipinski definition) is 8. The first-order valence-electron chi connectivity index (χ1n) is 11.8. The van der Waals surface area contributed by atoms with Crippen LogP contribution in [0.1, 0.15) is 35.4 Å². The highest BCUT2D eigenvalue weighted by molar-refractivity contribution is 6.10. The van der Waals surface area contributed by atoms with Crippen LogP contribution in [0.2, 0.25) is 0 Å². The molecule has 3 atom stereocenters. The number of fused-ring (bicyclic) bond motifs is 3. The fourth-order valence-electron chi connectivity index (χ4n) is 5.48. The Hall–Kier alpha value is -4.37. The standard InChI is InChI=1S/C23H15F6N9O/c24-21(25,26)4-3-11-19-31-8-32-38(19)7-13(33-11)16-35-17-15-18(36-16)37-20(39)22(15,10-5-12(10)34-17)14-2-1-9(6-30-14)23(27,28)29/h1-2,6-8,10,12H,3-5H2,(H2,34,35,36,37,39). The van der Waals surface area contributed by atoms with E-state index >= 15 is 0 Å². The molecule has 1 amide bonds. The largest absolute Gasteiger partial charge is 0.417 e. The Morgan fingerprint density at radius 2 is 1.85 bits per heavy atom. The third-order valence-corrected chi connectivity index (χ3v) is 7.26. The number of aryl methyl sites for hydroxylation is 1. The van der Waals surface area contributed by atoms with Crippen molar-refractivity contribution in [2.75, 3.05) is 10.6 Å². The summed E-state index contributed by atoms with van der Waals surface area (Å²) in [4.78, 5) is 34.9. The van der Waals surface area contributed by atoms with Crippen LogP contribution in [0.4, 0.5) is 38.0 Å². The van der Waals surface area contributed by atoms with E-state index in [9.17, 15) is 31.1 Å². The van der Waals surface area contributed by atoms with E-state index in [0.29, 0.717) is 18.2 Å². The number of hydrogen-bond donors (Lipinski definition) is 2. The van der Waals surface area contributed by atoms with Gasteiger partial charge in [0.05, 0.1) is 28.7 Å². The molecule has 0 spiro atoms. The molecule has 4 aromatic rings. The number of alkyl halides is 6. The second kappa shape index (κ2) is 7.60. The van der Waals surface area contributed by atoms with Crippen molar-refractivity contribution in [3.05, 3.63) is 53.4 Å². The average molecular weight is 547 g/mol. The summed E-state index contributed by atoms with van der Waals surface area (Å²) in [6.45, 7) is 0. The minimum atomic E-state index is -4.59. The third-order valence-electron chi connectivity index (χ3n) is 7.26. The summed E-state index contributed by atoms with van der Waals surface area (Å²) in [7, 11) is 0. The topological polar surface area (TPSA) is 123 Å².